The van der Waals surface area contributed by atoms with Crippen LogP contribution in [0.15, 0.2) is 23.3 Å². The zero-order chi connectivity index (χ0) is 13.8. The highest BCUT2D eigenvalue weighted by atomic mass is 16.5. The number of anilines is 1. The quantitative estimate of drug-likeness (QED) is 0.474. The SMILES string of the molecule is COc1ccc(N2CC(CN=[N+]=[N-])CC2=O)c(C)c1. The molecule has 1 aliphatic heterocycles. The van der Waals surface area contributed by atoms with Gasteiger partial charge in [0.2, 0.25) is 5.91 Å². The van der Waals surface area contributed by atoms with Gasteiger partial charge in [0.1, 0.15) is 5.75 Å². The first-order valence-electron chi connectivity index (χ1n) is 6.11. The van der Waals surface area contributed by atoms with Gasteiger partial charge >= 0.3 is 0 Å². The van der Waals surface area contributed by atoms with Crippen molar-refractivity contribution in [2.75, 3.05) is 25.1 Å². The minimum absolute atomic E-state index is 0.0754. The lowest BCUT2D eigenvalue weighted by Crippen LogP contribution is -2.25. The molecule has 1 saturated heterocycles. The van der Waals surface area contributed by atoms with Gasteiger partial charge in [-0.05, 0) is 42.1 Å². The van der Waals surface area contributed by atoms with Gasteiger partial charge in [-0.2, -0.15) is 0 Å². The van der Waals surface area contributed by atoms with Crippen molar-refractivity contribution in [3.8, 4) is 5.75 Å². The molecule has 0 aliphatic carbocycles. The topological polar surface area (TPSA) is 78.3 Å². The Hall–Kier alpha value is -2.20. The van der Waals surface area contributed by atoms with E-state index in [1.165, 1.54) is 0 Å². The zero-order valence-corrected chi connectivity index (χ0v) is 11.0. The highest BCUT2D eigenvalue weighted by Crippen LogP contribution is 2.30. The van der Waals surface area contributed by atoms with Crippen molar-refractivity contribution in [3.05, 3.63) is 34.2 Å². The van der Waals surface area contributed by atoms with Crippen LogP contribution in [0, 0.1) is 12.8 Å². The summed E-state index contributed by atoms with van der Waals surface area (Å²) in [5.74, 6) is 0.954. The third-order valence-corrected chi connectivity index (χ3v) is 3.30. The molecule has 0 aromatic heterocycles. The third kappa shape index (κ3) is 2.80. The average molecular weight is 260 g/mol. The Bertz CT molecular complexity index is 537. The lowest BCUT2D eigenvalue weighted by Gasteiger charge is -2.19. The zero-order valence-electron chi connectivity index (χ0n) is 11.0. The Balaban J connectivity index is 2.18. The van der Waals surface area contributed by atoms with Gasteiger partial charge in [-0.1, -0.05) is 5.11 Å². The van der Waals surface area contributed by atoms with Crippen LogP contribution in [0.3, 0.4) is 0 Å². The lowest BCUT2D eigenvalue weighted by atomic mass is 10.1. The molecule has 0 radical (unpaired) electrons. The minimum Gasteiger partial charge on any atom is -0.497 e. The van der Waals surface area contributed by atoms with E-state index >= 15 is 0 Å². The summed E-state index contributed by atoms with van der Waals surface area (Å²) < 4.78 is 5.16. The predicted octanol–water partition coefficient (Wildman–Crippen LogP) is 2.67. The average Bonchev–Trinajstić information content (AvgIpc) is 2.77. The van der Waals surface area contributed by atoms with Crippen LogP contribution in [-0.2, 0) is 4.79 Å². The van der Waals surface area contributed by atoms with Crippen molar-refractivity contribution in [2.45, 2.75) is 13.3 Å². The smallest absolute Gasteiger partial charge is 0.227 e. The Labute approximate surface area is 111 Å². The Morgan fingerprint density at radius 3 is 3.00 bits per heavy atom. The standard InChI is InChI=1S/C13H16N4O2/c1-9-5-11(19-2)3-4-12(9)17-8-10(6-13(17)18)7-15-16-14/h3-5,10H,6-8H2,1-2H3. The summed E-state index contributed by atoms with van der Waals surface area (Å²) in [5, 5.41) is 3.55. The number of rotatable bonds is 4. The first-order valence-corrected chi connectivity index (χ1v) is 6.11. The van der Waals surface area contributed by atoms with Crippen molar-refractivity contribution in [3.63, 3.8) is 0 Å². The molecule has 100 valence electrons. The molecule has 1 atom stereocenters. The molecule has 2 rings (SSSR count). The molecule has 0 bridgehead atoms. The summed E-state index contributed by atoms with van der Waals surface area (Å²) in [6.45, 7) is 2.92. The second kappa shape index (κ2) is 5.63. The van der Waals surface area contributed by atoms with Crippen molar-refractivity contribution < 1.29 is 9.53 Å². The molecular weight excluding hydrogens is 244 g/mol. The van der Waals surface area contributed by atoms with Crippen LogP contribution in [0.5, 0.6) is 5.75 Å². The molecule has 19 heavy (non-hydrogen) atoms. The van der Waals surface area contributed by atoms with Crippen LogP contribution >= 0.6 is 0 Å². The molecule has 1 heterocycles. The summed E-state index contributed by atoms with van der Waals surface area (Å²) in [6.07, 6.45) is 0.435. The second-order valence-corrected chi connectivity index (χ2v) is 4.64. The number of benzene rings is 1. The first kappa shape index (κ1) is 13.2. The number of hydrogen-bond acceptors (Lipinski definition) is 3. The van der Waals surface area contributed by atoms with Gasteiger partial charge in [-0.3, -0.25) is 4.79 Å². The van der Waals surface area contributed by atoms with Gasteiger partial charge in [0.15, 0.2) is 0 Å². The number of carbonyl (C=O) groups excluding carboxylic acids is 1. The largest absolute Gasteiger partial charge is 0.497 e. The van der Waals surface area contributed by atoms with Crippen LogP contribution in [0.4, 0.5) is 5.69 Å². The fraction of sp³-hybridized carbons (Fsp3) is 0.462. The number of hydrogen-bond donors (Lipinski definition) is 0. The molecule has 6 heteroatoms. The highest BCUT2D eigenvalue weighted by molar-refractivity contribution is 5.96. The van der Waals surface area contributed by atoms with E-state index in [9.17, 15) is 4.79 Å². The van der Waals surface area contributed by atoms with Crippen LogP contribution in [0.2, 0.25) is 0 Å². The summed E-state index contributed by atoms with van der Waals surface area (Å²) in [7, 11) is 1.62. The van der Waals surface area contributed by atoms with E-state index in [2.05, 4.69) is 10.0 Å². The van der Waals surface area contributed by atoms with E-state index in [4.69, 9.17) is 10.3 Å². The predicted molar refractivity (Wildman–Crippen MR) is 72.2 cm³/mol. The van der Waals surface area contributed by atoms with Gasteiger partial charge in [0, 0.05) is 30.1 Å². The van der Waals surface area contributed by atoms with Crippen LogP contribution in [0.25, 0.3) is 10.4 Å². The maximum atomic E-state index is 12.0. The van der Waals surface area contributed by atoms with Crippen molar-refractivity contribution in [1.29, 1.82) is 0 Å². The highest BCUT2D eigenvalue weighted by Gasteiger charge is 2.30. The van der Waals surface area contributed by atoms with E-state index < -0.39 is 0 Å². The van der Waals surface area contributed by atoms with Gasteiger partial charge in [-0.25, -0.2) is 0 Å². The number of aryl methyl sites for hydroxylation is 1. The Morgan fingerprint density at radius 2 is 2.37 bits per heavy atom. The minimum atomic E-state index is 0.0754. The summed E-state index contributed by atoms with van der Waals surface area (Å²) in [6, 6.07) is 5.64. The molecular formula is C13H16N4O2. The molecule has 1 aromatic carbocycles. The Morgan fingerprint density at radius 1 is 1.58 bits per heavy atom. The fourth-order valence-electron chi connectivity index (χ4n) is 2.35. The van der Waals surface area contributed by atoms with Gasteiger partial charge in [0.05, 0.1) is 7.11 Å². The number of methoxy groups -OCH3 is 1. The molecule has 1 aliphatic rings. The summed E-state index contributed by atoms with van der Waals surface area (Å²) in [5.41, 5.74) is 10.2. The van der Waals surface area contributed by atoms with E-state index in [1.807, 2.05) is 25.1 Å². The van der Waals surface area contributed by atoms with E-state index in [-0.39, 0.29) is 11.8 Å². The molecule has 1 aromatic rings. The number of amides is 1. The fourth-order valence-corrected chi connectivity index (χ4v) is 2.35. The van der Waals surface area contributed by atoms with Gasteiger partial charge in [0.25, 0.3) is 0 Å². The lowest BCUT2D eigenvalue weighted by molar-refractivity contribution is -0.117. The van der Waals surface area contributed by atoms with Crippen LogP contribution in [-0.4, -0.2) is 26.1 Å². The van der Waals surface area contributed by atoms with E-state index in [1.54, 1.807) is 12.0 Å². The number of ether oxygens (including phenoxy) is 1. The van der Waals surface area contributed by atoms with E-state index in [0.29, 0.717) is 19.5 Å². The van der Waals surface area contributed by atoms with Crippen LogP contribution in [0.1, 0.15) is 12.0 Å². The molecule has 0 N–H and O–H groups in total. The normalized spacial score (nSPS) is 18.3. The maximum absolute atomic E-state index is 12.0. The second-order valence-electron chi connectivity index (χ2n) is 4.64. The van der Waals surface area contributed by atoms with Crippen molar-refractivity contribution in [1.82, 2.24) is 0 Å². The molecule has 1 fully saturated rings. The van der Waals surface area contributed by atoms with Crippen LogP contribution < -0.4 is 9.64 Å². The molecule has 1 unspecified atom stereocenters. The van der Waals surface area contributed by atoms with Crippen molar-refractivity contribution in [2.24, 2.45) is 11.0 Å². The summed E-state index contributed by atoms with van der Waals surface area (Å²) in [4.78, 5) is 16.5. The van der Waals surface area contributed by atoms with Crippen molar-refractivity contribution >= 4 is 11.6 Å². The third-order valence-electron chi connectivity index (χ3n) is 3.30. The summed E-state index contributed by atoms with van der Waals surface area (Å²) >= 11 is 0. The molecule has 6 nitrogen and oxygen atoms in total. The molecule has 0 spiro atoms. The maximum Gasteiger partial charge on any atom is 0.227 e. The number of azide groups is 1. The van der Waals surface area contributed by atoms with Gasteiger partial charge in [-0.15, -0.1) is 0 Å². The number of nitrogens with zero attached hydrogens (tertiary/aromatic N) is 4. The molecule has 0 saturated carbocycles. The Kier molecular flexibility index (Phi) is 3.92. The van der Waals surface area contributed by atoms with E-state index in [0.717, 1.165) is 17.0 Å². The van der Waals surface area contributed by atoms with Gasteiger partial charge < -0.3 is 9.64 Å². The monoisotopic (exact) mass is 260 g/mol. The number of carbonyl (C=O) groups is 1. The molecule has 1 amide bonds. The first-order chi connectivity index (χ1) is 9.15.